The minimum atomic E-state index is -0.378. The molecule has 2 aliphatic heterocycles. The van der Waals surface area contributed by atoms with E-state index in [9.17, 15) is 9.59 Å². The summed E-state index contributed by atoms with van der Waals surface area (Å²) in [6, 6.07) is 0.621. The van der Waals surface area contributed by atoms with Gasteiger partial charge in [-0.3, -0.25) is 14.5 Å². The maximum absolute atomic E-state index is 12.6. The fraction of sp³-hybridized carbons (Fsp3) is 0.722. The number of aromatic amines is 1. The van der Waals surface area contributed by atoms with Gasteiger partial charge in [0, 0.05) is 44.6 Å². The van der Waals surface area contributed by atoms with Crippen molar-refractivity contribution in [3.63, 3.8) is 0 Å². The Balaban J connectivity index is 1.68. The highest BCUT2D eigenvalue weighted by Gasteiger charge is 2.37. The van der Waals surface area contributed by atoms with Crippen LogP contribution in [0.25, 0.3) is 0 Å². The van der Waals surface area contributed by atoms with Gasteiger partial charge in [-0.2, -0.15) is 0 Å². The second-order valence-electron chi connectivity index (χ2n) is 7.14. The SMILES string of the molecule is CCC[C@@H]1CN(C2CCOCC2)C[C@H]1NC(=O)c1cnc(C)[nH]c1=O. The first kappa shape index (κ1) is 18.1. The molecule has 2 N–H and O–H groups in total. The molecule has 0 radical (unpaired) electrons. The van der Waals surface area contributed by atoms with Crippen molar-refractivity contribution >= 4 is 5.91 Å². The number of hydrogen-bond acceptors (Lipinski definition) is 5. The largest absolute Gasteiger partial charge is 0.381 e. The van der Waals surface area contributed by atoms with Gasteiger partial charge in [0.2, 0.25) is 0 Å². The number of ether oxygens (including phenoxy) is 1. The normalized spacial score (nSPS) is 25.2. The van der Waals surface area contributed by atoms with Gasteiger partial charge in [0.05, 0.1) is 0 Å². The number of amides is 1. The van der Waals surface area contributed by atoms with Crippen molar-refractivity contribution in [3.05, 3.63) is 27.9 Å². The van der Waals surface area contributed by atoms with Gasteiger partial charge in [0.1, 0.15) is 11.4 Å². The molecule has 0 unspecified atom stereocenters. The fourth-order valence-electron chi connectivity index (χ4n) is 3.97. The zero-order valence-electron chi connectivity index (χ0n) is 15.1. The zero-order valence-corrected chi connectivity index (χ0v) is 15.1. The Bertz CT molecular complexity index is 654. The quantitative estimate of drug-likeness (QED) is 0.832. The summed E-state index contributed by atoms with van der Waals surface area (Å²) in [6.07, 6.45) is 5.64. The van der Waals surface area contributed by atoms with Crippen LogP contribution in [0.2, 0.25) is 0 Å². The standard InChI is InChI=1S/C18H28N4O3/c1-3-4-13-10-22(14-5-7-25-8-6-14)11-16(13)21-18(24)15-9-19-12(2)20-17(15)23/h9,13-14,16H,3-8,10-11H2,1-2H3,(H,21,24)(H,19,20,23)/t13-,16-/m1/s1. The van der Waals surface area contributed by atoms with Crippen molar-refractivity contribution in [2.24, 2.45) is 5.92 Å². The summed E-state index contributed by atoms with van der Waals surface area (Å²) < 4.78 is 5.46. The molecule has 0 saturated carbocycles. The van der Waals surface area contributed by atoms with E-state index < -0.39 is 0 Å². The number of carbonyl (C=O) groups excluding carboxylic acids is 1. The van der Waals surface area contributed by atoms with Crippen LogP contribution >= 0.6 is 0 Å². The van der Waals surface area contributed by atoms with Gasteiger partial charge >= 0.3 is 0 Å². The zero-order chi connectivity index (χ0) is 17.8. The lowest BCUT2D eigenvalue weighted by molar-refractivity contribution is 0.0405. The van der Waals surface area contributed by atoms with Gasteiger partial charge in [-0.25, -0.2) is 4.98 Å². The molecule has 2 aliphatic rings. The molecule has 3 rings (SSSR count). The Morgan fingerprint density at radius 2 is 2.16 bits per heavy atom. The Morgan fingerprint density at radius 3 is 2.84 bits per heavy atom. The number of nitrogens with zero attached hydrogens (tertiary/aromatic N) is 2. The predicted octanol–water partition coefficient (Wildman–Crippen LogP) is 1.09. The predicted molar refractivity (Wildman–Crippen MR) is 94.7 cm³/mol. The van der Waals surface area contributed by atoms with E-state index in [1.165, 1.54) is 6.20 Å². The summed E-state index contributed by atoms with van der Waals surface area (Å²) in [4.78, 5) is 33.7. The van der Waals surface area contributed by atoms with E-state index in [0.717, 1.165) is 52.0 Å². The summed E-state index contributed by atoms with van der Waals surface area (Å²) in [5.74, 6) is 0.611. The lowest BCUT2D eigenvalue weighted by Gasteiger charge is -2.31. The molecule has 7 nitrogen and oxygen atoms in total. The van der Waals surface area contributed by atoms with Crippen molar-refractivity contribution < 1.29 is 9.53 Å². The van der Waals surface area contributed by atoms with E-state index in [1.807, 2.05) is 0 Å². The number of aryl methyl sites for hydroxylation is 1. The molecule has 2 atom stereocenters. The first-order chi connectivity index (χ1) is 12.1. The number of hydrogen-bond donors (Lipinski definition) is 2. The Morgan fingerprint density at radius 1 is 1.40 bits per heavy atom. The Kier molecular flexibility index (Phi) is 5.86. The van der Waals surface area contributed by atoms with Crippen molar-refractivity contribution in [1.82, 2.24) is 20.2 Å². The molecule has 7 heteroatoms. The lowest BCUT2D eigenvalue weighted by atomic mass is 9.98. The second-order valence-corrected chi connectivity index (χ2v) is 7.14. The molecule has 1 aromatic rings. The number of nitrogens with one attached hydrogen (secondary N) is 2. The van der Waals surface area contributed by atoms with Crippen LogP contribution in [-0.4, -0.2) is 59.2 Å². The number of aromatic nitrogens is 2. The summed E-state index contributed by atoms with van der Waals surface area (Å²) in [5, 5.41) is 3.09. The van der Waals surface area contributed by atoms with Crippen molar-refractivity contribution in [1.29, 1.82) is 0 Å². The number of rotatable bonds is 5. The van der Waals surface area contributed by atoms with Gasteiger partial charge in [-0.1, -0.05) is 13.3 Å². The maximum atomic E-state index is 12.6. The van der Waals surface area contributed by atoms with E-state index >= 15 is 0 Å². The van der Waals surface area contributed by atoms with E-state index in [1.54, 1.807) is 6.92 Å². The van der Waals surface area contributed by atoms with Crippen LogP contribution in [0, 0.1) is 12.8 Å². The minimum absolute atomic E-state index is 0.0796. The average molecular weight is 348 g/mol. The molecular weight excluding hydrogens is 320 g/mol. The van der Waals surface area contributed by atoms with Gasteiger partial charge in [0.25, 0.3) is 11.5 Å². The number of likely N-dealkylation sites (tertiary alicyclic amines) is 1. The van der Waals surface area contributed by atoms with Crippen molar-refractivity contribution in [2.45, 2.75) is 51.6 Å². The molecule has 0 spiro atoms. The van der Waals surface area contributed by atoms with E-state index in [-0.39, 0.29) is 23.1 Å². The molecule has 0 aromatic carbocycles. The van der Waals surface area contributed by atoms with Gasteiger partial charge in [0.15, 0.2) is 0 Å². The minimum Gasteiger partial charge on any atom is -0.381 e. The van der Waals surface area contributed by atoms with E-state index in [2.05, 4.69) is 27.1 Å². The van der Waals surface area contributed by atoms with Crippen molar-refractivity contribution in [3.8, 4) is 0 Å². The molecule has 0 aliphatic carbocycles. The van der Waals surface area contributed by atoms with Gasteiger partial charge < -0.3 is 15.0 Å². The van der Waals surface area contributed by atoms with Gasteiger partial charge in [-0.05, 0) is 32.1 Å². The molecule has 1 aromatic heterocycles. The molecule has 138 valence electrons. The van der Waals surface area contributed by atoms with Crippen LogP contribution in [0.15, 0.2) is 11.0 Å². The van der Waals surface area contributed by atoms with Crippen molar-refractivity contribution in [2.75, 3.05) is 26.3 Å². The molecule has 2 saturated heterocycles. The molecule has 0 bridgehead atoms. The second kappa shape index (κ2) is 8.10. The first-order valence-corrected chi connectivity index (χ1v) is 9.27. The third-order valence-corrected chi connectivity index (χ3v) is 5.32. The molecule has 1 amide bonds. The summed E-state index contributed by atoms with van der Waals surface area (Å²) in [6.45, 7) is 7.36. The highest BCUT2D eigenvalue weighted by molar-refractivity contribution is 5.93. The molecule has 25 heavy (non-hydrogen) atoms. The molecule has 3 heterocycles. The highest BCUT2D eigenvalue weighted by Crippen LogP contribution is 2.27. The first-order valence-electron chi connectivity index (χ1n) is 9.27. The summed E-state index contributed by atoms with van der Waals surface area (Å²) in [7, 11) is 0. The van der Waals surface area contributed by atoms with Crippen LogP contribution in [0.3, 0.4) is 0 Å². The van der Waals surface area contributed by atoms with E-state index in [0.29, 0.717) is 17.8 Å². The van der Waals surface area contributed by atoms with E-state index in [4.69, 9.17) is 4.74 Å². The lowest BCUT2D eigenvalue weighted by Crippen LogP contribution is -2.44. The van der Waals surface area contributed by atoms with Crippen LogP contribution in [-0.2, 0) is 4.74 Å². The number of H-pyrrole nitrogens is 1. The Hall–Kier alpha value is -1.73. The van der Waals surface area contributed by atoms with Crippen LogP contribution < -0.4 is 10.9 Å². The summed E-state index contributed by atoms with van der Waals surface area (Å²) >= 11 is 0. The average Bonchev–Trinajstić information content (AvgIpc) is 2.98. The number of carbonyl (C=O) groups is 1. The van der Waals surface area contributed by atoms with Crippen LogP contribution in [0.4, 0.5) is 0 Å². The third-order valence-electron chi connectivity index (χ3n) is 5.32. The smallest absolute Gasteiger partial charge is 0.263 e. The monoisotopic (exact) mass is 348 g/mol. The Labute approximate surface area is 148 Å². The summed E-state index contributed by atoms with van der Waals surface area (Å²) in [5.41, 5.74) is -0.290. The molecule has 2 fully saturated rings. The van der Waals surface area contributed by atoms with Crippen LogP contribution in [0.5, 0.6) is 0 Å². The molecular formula is C18H28N4O3. The topological polar surface area (TPSA) is 87.3 Å². The highest BCUT2D eigenvalue weighted by atomic mass is 16.5. The maximum Gasteiger partial charge on any atom is 0.263 e. The fourth-order valence-corrected chi connectivity index (χ4v) is 3.97. The van der Waals surface area contributed by atoms with Crippen LogP contribution in [0.1, 0.15) is 48.8 Å². The third kappa shape index (κ3) is 4.27. The van der Waals surface area contributed by atoms with Gasteiger partial charge in [-0.15, -0.1) is 0 Å².